The van der Waals surface area contributed by atoms with E-state index >= 15 is 0 Å². The van der Waals surface area contributed by atoms with Gasteiger partial charge in [-0.25, -0.2) is 0 Å². The minimum absolute atomic E-state index is 0.0275. The first kappa shape index (κ1) is 7.48. The lowest BCUT2D eigenvalue weighted by atomic mass is 10.1. The first-order valence-corrected chi connectivity index (χ1v) is 3.62. The second kappa shape index (κ2) is 3.52. The maximum Gasteiger partial charge on any atom is 0.183 e. The molecule has 2 heteroatoms. The third kappa shape index (κ3) is 1.67. The minimum Gasteiger partial charge on any atom is -0.370 e. The molecule has 1 aliphatic rings. The highest BCUT2D eigenvalue weighted by atomic mass is 16.5. The van der Waals surface area contributed by atoms with Crippen LogP contribution < -0.4 is 0 Å². The topological polar surface area (TPSA) is 26.3 Å². The standard InChI is InChI=1S/C8H12O2/c1-2-7(9)8-5-3-4-6-10-8/h2,8H,1,3-6H2. The molecule has 56 valence electrons. The fourth-order valence-corrected chi connectivity index (χ4v) is 1.10. The third-order valence-corrected chi connectivity index (χ3v) is 1.70. The van der Waals surface area contributed by atoms with Gasteiger partial charge in [0.1, 0.15) is 6.10 Å². The summed E-state index contributed by atoms with van der Waals surface area (Å²) in [7, 11) is 0. The van der Waals surface area contributed by atoms with Crippen molar-refractivity contribution in [3.05, 3.63) is 12.7 Å². The second-order valence-electron chi connectivity index (χ2n) is 2.46. The monoisotopic (exact) mass is 140 g/mol. The van der Waals surface area contributed by atoms with Gasteiger partial charge in [0.25, 0.3) is 0 Å². The van der Waals surface area contributed by atoms with Crippen molar-refractivity contribution in [1.29, 1.82) is 0 Å². The average Bonchev–Trinajstić information content (AvgIpc) is 2.05. The Morgan fingerprint density at radius 3 is 2.90 bits per heavy atom. The van der Waals surface area contributed by atoms with Crippen molar-refractivity contribution in [2.24, 2.45) is 0 Å². The van der Waals surface area contributed by atoms with Crippen molar-refractivity contribution >= 4 is 5.78 Å². The summed E-state index contributed by atoms with van der Waals surface area (Å²) in [6.07, 6.45) is 4.21. The van der Waals surface area contributed by atoms with Crippen LogP contribution in [0.5, 0.6) is 0 Å². The molecule has 0 aromatic heterocycles. The number of ether oxygens (including phenoxy) is 1. The Morgan fingerprint density at radius 1 is 1.60 bits per heavy atom. The van der Waals surface area contributed by atoms with Crippen molar-refractivity contribution < 1.29 is 9.53 Å². The lowest BCUT2D eigenvalue weighted by molar-refractivity contribution is -0.128. The molecule has 0 N–H and O–H groups in total. The molecule has 1 atom stereocenters. The van der Waals surface area contributed by atoms with E-state index in [1.54, 1.807) is 0 Å². The number of hydrogen-bond donors (Lipinski definition) is 0. The van der Waals surface area contributed by atoms with Gasteiger partial charge in [-0.05, 0) is 25.3 Å². The van der Waals surface area contributed by atoms with Crippen molar-refractivity contribution in [1.82, 2.24) is 0 Å². The SMILES string of the molecule is C=CC(=O)C1CCCCO1. The van der Waals surface area contributed by atoms with Gasteiger partial charge in [0, 0.05) is 6.61 Å². The van der Waals surface area contributed by atoms with Gasteiger partial charge in [-0.1, -0.05) is 6.58 Å². The summed E-state index contributed by atoms with van der Waals surface area (Å²) in [5.74, 6) is 0.0275. The van der Waals surface area contributed by atoms with Crippen LogP contribution in [0.25, 0.3) is 0 Å². The summed E-state index contributed by atoms with van der Waals surface area (Å²) in [6, 6.07) is 0. The number of carbonyl (C=O) groups is 1. The van der Waals surface area contributed by atoms with E-state index in [0.717, 1.165) is 25.9 Å². The van der Waals surface area contributed by atoms with Gasteiger partial charge < -0.3 is 4.74 Å². The Bertz CT molecular complexity index is 134. The maximum atomic E-state index is 10.9. The van der Waals surface area contributed by atoms with E-state index in [1.807, 2.05) is 0 Å². The molecular weight excluding hydrogens is 128 g/mol. The van der Waals surface area contributed by atoms with Crippen molar-refractivity contribution in [2.75, 3.05) is 6.61 Å². The van der Waals surface area contributed by atoms with E-state index in [2.05, 4.69) is 6.58 Å². The second-order valence-corrected chi connectivity index (χ2v) is 2.46. The zero-order valence-corrected chi connectivity index (χ0v) is 6.01. The predicted molar refractivity (Wildman–Crippen MR) is 38.8 cm³/mol. The number of rotatable bonds is 2. The fourth-order valence-electron chi connectivity index (χ4n) is 1.10. The van der Waals surface area contributed by atoms with Crippen molar-refractivity contribution in [2.45, 2.75) is 25.4 Å². The average molecular weight is 140 g/mol. The van der Waals surface area contributed by atoms with E-state index in [-0.39, 0.29) is 11.9 Å². The molecule has 1 unspecified atom stereocenters. The molecule has 0 aromatic carbocycles. The molecule has 1 heterocycles. The first-order valence-electron chi connectivity index (χ1n) is 3.62. The van der Waals surface area contributed by atoms with Gasteiger partial charge in [-0.15, -0.1) is 0 Å². The van der Waals surface area contributed by atoms with Gasteiger partial charge in [0.2, 0.25) is 0 Å². The van der Waals surface area contributed by atoms with Crippen LogP contribution in [-0.4, -0.2) is 18.5 Å². The third-order valence-electron chi connectivity index (χ3n) is 1.70. The Kier molecular flexibility index (Phi) is 2.63. The summed E-state index contributed by atoms with van der Waals surface area (Å²) < 4.78 is 5.21. The first-order chi connectivity index (χ1) is 4.84. The Hall–Kier alpha value is -0.630. The van der Waals surface area contributed by atoms with E-state index in [4.69, 9.17) is 4.74 Å². The maximum absolute atomic E-state index is 10.9. The summed E-state index contributed by atoms with van der Waals surface area (Å²) in [4.78, 5) is 10.9. The molecule has 0 radical (unpaired) electrons. The van der Waals surface area contributed by atoms with Crippen LogP contribution in [0.15, 0.2) is 12.7 Å². The lowest BCUT2D eigenvalue weighted by Gasteiger charge is -2.19. The summed E-state index contributed by atoms with van der Waals surface area (Å²) in [5, 5.41) is 0. The molecule has 1 aliphatic heterocycles. The molecule has 0 saturated carbocycles. The quantitative estimate of drug-likeness (QED) is 0.540. The normalized spacial score (nSPS) is 25.8. The molecule has 0 aliphatic carbocycles. The Labute approximate surface area is 60.9 Å². The van der Waals surface area contributed by atoms with Crippen LogP contribution in [0.3, 0.4) is 0 Å². The highest BCUT2D eigenvalue weighted by Gasteiger charge is 2.18. The summed E-state index contributed by atoms with van der Waals surface area (Å²) in [5.41, 5.74) is 0. The van der Waals surface area contributed by atoms with E-state index in [0.29, 0.717) is 0 Å². The summed E-state index contributed by atoms with van der Waals surface area (Å²) in [6.45, 7) is 4.13. The molecule has 10 heavy (non-hydrogen) atoms. The largest absolute Gasteiger partial charge is 0.370 e. The van der Waals surface area contributed by atoms with Gasteiger partial charge >= 0.3 is 0 Å². The van der Waals surface area contributed by atoms with Gasteiger partial charge in [0.15, 0.2) is 5.78 Å². The van der Waals surface area contributed by atoms with Gasteiger partial charge in [0.05, 0.1) is 0 Å². The van der Waals surface area contributed by atoms with Crippen LogP contribution in [0.2, 0.25) is 0 Å². The number of carbonyl (C=O) groups excluding carboxylic acids is 1. The summed E-state index contributed by atoms with van der Waals surface area (Å²) >= 11 is 0. The van der Waals surface area contributed by atoms with Gasteiger partial charge in [-0.3, -0.25) is 4.79 Å². The number of ketones is 1. The predicted octanol–water partition coefficient (Wildman–Crippen LogP) is 1.31. The van der Waals surface area contributed by atoms with E-state index in [1.165, 1.54) is 6.08 Å². The molecule has 0 aromatic rings. The zero-order chi connectivity index (χ0) is 7.40. The van der Waals surface area contributed by atoms with E-state index < -0.39 is 0 Å². The van der Waals surface area contributed by atoms with Crippen molar-refractivity contribution in [3.8, 4) is 0 Å². The minimum atomic E-state index is -0.189. The van der Waals surface area contributed by atoms with Crippen LogP contribution >= 0.6 is 0 Å². The molecule has 0 spiro atoms. The Balaban J connectivity index is 2.38. The highest BCUT2D eigenvalue weighted by Crippen LogP contribution is 2.13. The van der Waals surface area contributed by atoms with Crippen LogP contribution in [0.4, 0.5) is 0 Å². The molecule has 1 rings (SSSR count). The molecule has 1 saturated heterocycles. The highest BCUT2D eigenvalue weighted by molar-refractivity contribution is 5.93. The van der Waals surface area contributed by atoms with E-state index in [9.17, 15) is 4.79 Å². The molecular formula is C8H12O2. The smallest absolute Gasteiger partial charge is 0.183 e. The van der Waals surface area contributed by atoms with Crippen LogP contribution in [-0.2, 0) is 9.53 Å². The molecule has 2 nitrogen and oxygen atoms in total. The number of hydrogen-bond acceptors (Lipinski definition) is 2. The zero-order valence-electron chi connectivity index (χ0n) is 6.01. The van der Waals surface area contributed by atoms with Gasteiger partial charge in [-0.2, -0.15) is 0 Å². The Morgan fingerprint density at radius 2 is 2.40 bits per heavy atom. The fraction of sp³-hybridized carbons (Fsp3) is 0.625. The van der Waals surface area contributed by atoms with Crippen molar-refractivity contribution in [3.63, 3.8) is 0 Å². The molecule has 0 amide bonds. The van der Waals surface area contributed by atoms with Crippen LogP contribution in [0, 0.1) is 0 Å². The molecule has 0 bridgehead atoms. The van der Waals surface area contributed by atoms with Crippen LogP contribution in [0.1, 0.15) is 19.3 Å². The molecule has 1 fully saturated rings. The lowest BCUT2D eigenvalue weighted by Crippen LogP contribution is -2.26.